The fourth-order valence-corrected chi connectivity index (χ4v) is 5.49. The molecule has 35 heavy (non-hydrogen) atoms. The number of piperidine rings is 2. The van der Waals surface area contributed by atoms with Crippen LogP contribution in [-0.4, -0.2) is 82.2 Å². The van der Waals surface area contributed by atoms with E-state index in [1.165, 1.54) is 32.6 Å². The quantitative estimate of drug-likeness (QED) is 0.631. The van der Waals surface area contributed by atoms with Gasteiger partial charge in [-0.3, -0.25) is 14.7 Å². The Labute approximate surface area is 210 Å². The number of aromatic nitrogens is 3. The summed E-state index contributed by atoms with van der Waals surface area (Å²) >= 11 is 6.26. The van der Waals surface area contributed by atoms with Gasteiger partial charge in [-0.15, -0.1) is 0 Å². The molecule has 188 valence electrons. The van der Waals surface area contributed by atoms with Crippen LogP contribution < -0.4 is 10.1 Å². The number of carbonyl (C=O) groups excluding carboxylic acids is 2. The van der Waals surface area contributed by atoms with Crippen molar-refractivity contribution in [3.8, 4) is 17.1 Å². The zero-order chi connectivity index (χ0) is 24.4. The highest BCUT2D eigenvalue weighted by Crippen LogP contribution is 2.30. The van der Waals surface area contributed by atoms with E-state index in [1.54, 1.807) is 17.0 Å². The lowest BCUT2D eigenvalue weighted by Crippen LogP contribution is -2.51. The maximum absolute atomic E-state index is 13.0. The van der Waals surface area contributed by atoms with Crippen molar-refractivity contribution in [3.05, 3.63) is 29.0 Å². The first-order chi connectivity index (χ1) is 17.0. The van der Waals surface area contributed by atoms with Crippen molar-refractivity contribution in [2.24, 2.45) is 5.92 Å². The number of amides is 2. The van der Waals surface area contributed by atoms with E-state index in [1.807, 2.05) is 0 Å². The lowest BCUT2D eigenvalue weighted by molar-refractivity contribution is -0.127. The molecule has 0 atom stereocenters. The Kier molecular flexibility index (Phi) is 7.24. The molecule has 2 aromatic heterocycles. The van der Waals surface area contributed by atoms with Crippen LogP contribution in [-0.2, 0) is 4.79 Å². The van der Waals surface area contributed by atoms with E-state index in [0.717, 1.165) is 32.0 Å². The minimum Gasteiger partial charge on any atom is -0.481 e. The topological polar surface area (TPSA) is 103 Å². The summed E-state index contributed by atoms with van der Waals surface area (Å²) in [4.78, 5) is 34.4. The fourth-order valence-electron chi connectivity index (χ4n) is 5.29. The average molecular weight is 501 g/mol. The van der Waals surface area contributed by atoms with Crippen LogP contribution in [0.3, 0.4) is 0 Å². The van der Waals surface area contributed by atoms with E-state index in [2.05, 4.69) is 25.4 Å². The number of pyridine rings is 1. The van der Waals surface area contributed by atoms with Gasteiger partial charge in [0.2, 0.25) is 11.8 Å². The predicted octanol–water partition coefficient (Wildman–Crippen LogP) is 3.12. The third-order valence-electron chi connectivity index (χ3n) is 7.74. The highest BCUT2D eigenvalue weighted by molar-refractivity contribution is 6.33. The molecule has 10 heteroatoms. The Balaban J connectivity index is 1.11. The molecule has 4 heterocycles. The minimum atomic E-state index is -0.122. The molecule has 0 bridgehead atoms. The van der Waals surface area contributed by atoms with Crippen molar-refractivity contribution in [2.75, 3.05) is 33.3 Å². The van der Waals surface area contributed by atoms with Crippen LogP contribution in [0.15, 0.2) is 18.3 Å². The van der Waals surface area contributed by atoms with Crippen LogP contribution >= 0.6 is 11.6 Å². The molecule has 2 amide bonds. The van der Waals surface area contributed by atoms with Crippen molar-refractivity contribution in [1.82, 2.24) is 30.3 Å². The molecule has 0 aromatic carbocycles. The number of nitrogens with one attached hydrogen (secondary N) is 2. The van der Waals surface area contributed by atoms with Crippen LogP contribution in [0.25, 0.3) is 11.3 Å². The Morgan fingerprint density at radius 2 is 1.83 bits per heavy atom. The van der Waals surface area contributed by atoms with Gasteiger partial charge in [-0.25, -0.2) is 4.98 Å². The molecule has 3 aliphatic rings. The monoisotopic (exact) mass is 500 g/mol. The molecule has 2 aliphatic heterocycles. The first-order valence-corrected chi connectivity index (χ1v) is 13.0. The smallest absolute Gasteiger partial charge is 0.271 e. The molecule has 9 nitrogen and oxygen atoms in total. The van der Waals surface area contributed by atoms with Crippen molar-refractivity contribution in [1.29, 1.82) is 0 Å². The molecule has 0 radical (unpaired) electrons. The van der Waals surface area contributed by atoms with Crippen LogP contribution in [0.1, 0.15) is 55.4 Å². The van der Waals surface area contributed by atoms with Crippen LogP contribution in [0, 0.1) is 5.92 Å². The summed E-state index contributed by atoms with van der Waals surface area (Å²) in [5.74, 6) is 0.404. The van der Waals surface area contributed by atoms with Gasteiger partial charge in [0.25, 0.3) is 5.91 Å². The van der Waals surface area contributed by atoms with Gasteiger partial charge in [-0.05, 0) is 44.6 Å². The molecule has 1 aliphatic carbocycles. The maximum Gasteiger partial charge on any atom is 0.271 e. The molecule has 2 aromatic rings. The van der Waals surface area contributed by atoms with E-state index in [-0.39, 0.29) is 23.8 Å². The average Bonchev–Trinajstić information content (AvgIpc) is 3.34. The van der Waals surface area contributed by atoms with Crippen LogP contribution in [0.5, 0.6) is 5.88 Å². The molecule has 2 N–H and O–H groups in total. The summed E-state index contributed by atoms with van der Waals surface area (Å²) in [6.45, 7) is 3.28. The summed E-state index contributed by atoms with van der Waals surface area (Å²) in [5, 5.41) is 10.8. The summed E-state index contributed by atoms with van der Waals surface area (Å²) in [7, 11) is 1.53. The number of likely N-dealkylation sites (tertiary alicyclic amines) is 2. The fraction of sp³-hybridized carbons (Fsp3) is 0.600. The molecule has 3 fully saturated rings. The van der Waals surface area contributed by atoms with Gasteiger partial charge in [0.1, 0.15) is 5.69 Å². The zero-order valence-electron chi connectivity index (χ0n) is 20.1. The van der Waals surface area contributed by atoms with Crippen molar-refractivity contribution in [3.63, 3.8) is 0 Å². The summed E-state index contributed by atoms with van der Waals surface area (Å²) < 4.78 is 5.16. The van der Waals surface area contributed by atoms with E-state index in [9.17, 15) is 9.59 Å². The van der Waals surface area contributed by atoms with Crippen LogP contribution in [0.4, 0.5) is 0 Å². The lowest BCUT2D eigenvalue weighted by atomic mass is 9.89. The summed E-state index contributed by atoms with van der Waals surface area (Å²) in [6.07, 6.45) is 8.95. The molecule has 2 saturated heterocycles. The first kappa shape index (κ1) is 24.1. The Morgan fingerprint density at radius 1 is 1.09 bits per heavy atom. The van der Waals surface area contributed by atoms with Gasteiger partial charge >= 0.3 is 0 Å². The zero-order valence-corrected chi connectivity index (χ0v) is 20.9. The second-order valence-electron chi connectivity index (χ2n) is 9.84. The normalized spacial score (nSPS) is 20.5. The maximum atomic E-state index is 13.0. The van der Waals surface area contributed by atoms with Gasteiger partial charge < -0.3 is 19.9 Å². The standard InChI is InChI=1S/C25H33ClN6O3/c1-35-23-13-19(20(26)15-27-23)21-14-22(30-29-21)25(34)32-9-5-16(6-10-32)24(33)28-17-7-11-31(12-8-17)18-3-2-4-18/h13-18H,2-12H2,1H3,(H,28,33)(H,29,30). The third-order valence-corrected chi connectivity index (χ3v) is 8.04. The van der Waals surface area contributed by atoms with Crippen molar-refractivity contribution in [2.45, 2.75) is 57.0 Å². The minimum absolute atomic E-state index is 0.0378. The van der Waals surface area contributed by atoms with E-state index in [0.29, 0.717) is 53.8 Å². The van der Waals surface area contributed by atoms with Gasteiger partial charge in [-0.2, -0.15) is 5.10 Å². The summed E-state index contributed by atoms with van der Waals surface area (Å²) in [5.41, 5.74) is 1.59. The number of rotatable bonds is 6. The molecule has 5 rings (SSSR count). The molecule has 0 unspecified atom stereocenters. The number of H-pyrrole nitrogens is 1. The SMILES string of the molecule is COc1cc(-c2cc(C(=O)N3CCC(C(=O)NC4CCN(C5CCC5)CC4)CC3)[nH]n2)c(Cl)cn1. The van der Waals surface area contributed by atoms with Gasteiger partial charge in [0.05, 0.1) is 24.0 Å². The van der Waals surface area contributed by atoms with Gasteiger partial charge in [-0.1, -0.05) is 18.0 Å². The Bertz CT molecular complexity index is 1060. The summed E-state index contributed by atoms with van der Waals surface area (Å²) in [6, 6.07) is 4.44. The number of halogens is 1. The molecule has 0 spiro atoms. The number of nitrogens with zero attached hydrogens (tertiary/aromatic N) is 4. The van der Waals surface area contributed by atoms with E-state index >= 15 is 0 Å². The predicted molar refractivity (Wildman–Crippen MR) is 132 cm³/mol. The molecular weight excluding hydrogens is 468 g/mol. The lowest BCUT2D eigenvalue weighted by Gasteiger charge is -2.42. The number of hydrogen-bond acceptors (Lipinski definition) is 6. The highest BCUT2D eigenvalue weighted by atomic mass is 35.5. The number of ether oxygens (including phenoxy) is 1. The van der Waals surface area contributed by atoms with E-state index < -0.39 is 0 Å². The largest absolute Gasteiger partial charge is 0.481 e. The second-order valence-corrected chi connectivity index (χ2v) is 10.3. The molecular formula is C25H33ClN6O3. The first-order valence-electron chi connectivity index (χ1n) is 12.6. The van der Waals surface area contributed by atoms with Crippen LogP contribution in [0.2, 0.25) is 5.02 Å². The Hall–Kier alpha value is -2.65. The Morgan fingerprint density at radius 3 is 2.49 bits per heavy atom. The second kappa shape index (κ2) is 10.5. The van der Waals surface area contributed by atoms with Crippen molar-refractivity contribution < 1.29 is 14.3 Å². The number of aromatic amines is 1. The third kappa shape index (κ3) is 5.30. The number of hydrogen-bond donors (Lipinski definition) is 2. The van der Waals surface area contributed by atoms with Gasteiger partial charge in [0, 0.05) is 55.8 Å². The highest BCUT2D eigenvalue weighted by Gasteiger charge is 2.32. The van der Waals surface area contributed by atoms with Crippen molar-refractivity contribution >= 4 is 23.4 Å². The number of methoxy groups -OCH3 is 1. The van der Waals surface area contributed by atoms with E-state index in [4.69, 9.17) is 16.3 Å². The number of carbonyl (C=O) groups is 2. The van der Waals surface area contributed by atoms with Gasteiger partial charge in [0.15, 0.2) is 0 Å². The molecule has 1 saturated carbocycles.